The van der Waals surface area contributed by atoms with Crippen LogP contribution in [-0.2, 0) is 19.5 Å². The number of benzene rings is 2. The third-order valence-electron chi connectivity index (χ3n) is 3.59. The summed E-state index contributed by atoms with van der Waals surface area (Å²) in [4.78, 5) is 2.16. The summed E-state index contributed by atoms with van der Waals surface area (Å²) < 4.78 is 0. The highest BCUT2D eigenvalue weighted by Gasteiger charge is 2.00. The molecule has 0 saturated heterocycles. The normalized spacial score (nSPS) is 10.6. The first-order valence-corrected chi connectivity index (χ1v) is 8.34. The fourth-order valence-electron chi connectivity index (χ4n) is 2.31. The maximum atomic E-state index is 5.35. The average Bonchev–Trinajstić information content (AvgIpc) is 2.54. The molecule has 122 valence electrons. The Balaban J connectivity index is 1.81. The zero-order valence-corrected chi connectivity index (χ0v) is 14.9. The molecule has 0 bridgehead atoms. The lowest BCUT2D eigenvalue weighted by molar-refractivity contribution is 0.402. The summed E-state index contributed by atoms with van der Waals surface area (Å²) in [5.41, 5.74) is 4.88. The molecular formula is C19H25N3S. The largest absolute Gasteiger partial charge is 0.358 e. The number of nitrogens with one attached hydrogen (secondary N) is 2. The molecule has 0 aliphatic carbocycles. The van der Waals surface area contributed by atoms with Gasteiger partial charge >= 0.3 is 0 Å². The van der Waals surface area contributed by atoms with Crippen LogP contribution >= 0.6 is 12.2 Å². The van der Waals surface area contributed by atoms with Crippen LogP contribution < -0.4 is 10.6 Å². The number of hydrogen-bond acceptors (Lipinski definition) is 2. The summed E-state index contributed by atoms with van der Waals surface area (Å²) >= 11 is 5.35. The van der Waals surface area contributed by atoms with Crippen molar-refractivity contribution in [2.75, 3.05) is 19.4 Å². The summed E-state index contributed by atoms with van der Waals surface area (Å²) in [6.45, 7) is 3.83. The summed E-state index contributed by atoms with van der Waals surface area (Å²) in [6, 6.07) is 17.0. The zero-order valence-electron chi connectivity index (χ0n) is 14.1. The summed E-state index contributed by atoms with van der Waals surface area (Å²) in [5.74, 6) is 0. The molecule has 0 aliphatic heterocycles. The van der Waals surface area contributed by atoms with E-state index in [0.29, 0.717) is 5.11 Å². The van der Waals surface area contributed by atoms with E-state index in [4.69, 9.17) is 12.2 Å². The van der Waals surface area contributed by atoms with Gasteiger partial charge in [-0.15, -0.1) is 0 Å². The first kappa shape index (κ1) is 17.4. The van der Waals surface area contributed by atoms with E-state index in [0.717, 1.165) is 25.2 Å². The molecule has 2 rings (SSSR count). The van der Waals surface area contributed by atoms with Gasteiger partial charge in [-0.3, -0.25) is 0 Å². The molecule has 0 heterocycles. The molecule has 0 spiro atoms. The molecule has 0 unspecified atom stereocenters. The molecule has 0 aromatic heterocycles. The first-order valence-electron chi connectivity index (χ1n) is 7.93. The molecule has 3 nitrogen and oxygen atoms in total. The standard InChI is InChI=1S/C19H25N3S/c1-4-15-9-11-18(12-10-15)21-19(23)20-13-16-5-7-17(8-6-16)14-22(2)3/h5-12H,4,13-14H2,1-3H3,(H2,20,21,23). The Morgan fingerprint density at radius 2 is 1.48 bits per heavy atom. The second-order valence-electron chi connectivity index (χ2n) is 5.91. The molecule has 0 fully saturated rings. The second-order valence-corrected chi connectivity index (χ2v) is 6.32. The van der Waals surface area contributed by atoms with Gasteiger partial charge in [0.25, 0.3) is 0 Å². The third-order valence-corrected chi connectivity index (χ3v) is 3.84. The van der Waals surface area contributed by atoms with E-state index in [-0.39, 0.29) is 0 Å². The van der Waals surface area contributed by atoms with Gasteiger partial charge in [-0.2, -0.15) is 0 Å². The molecule has 2 aromatic carbocycles. The van der Waals surface area contributed by atoms with Crippen LogP contribution in [0.3, 0.4) is 0 Å². The molecule has 0 amide bonds. The minimum absolute atomic E-state index is 0.645. The molecular weight excluding hydrogens is 302 g/mol. The van der Waals surface area contributed by atoms with Gasteiger partial charge in [0.2, 0.25) is 0 Å². The highest BCUT2D eigenvalue weighted by Crippen LogP contribution is 2.10. The Bertz CT molecular complexity index is 618. The van der Waals surface area contributed by atoms with Gasteiger partial charge in [-0.1, -0.05) is 43.3 Å². The minimum Gasteiger partial charge on any atom is -0.358 e. The van der Waals surface area contributed by atoms with Gasteiger partial charge in [0.15, 0.2) is 5.11 Å². The van der Waals surface area contributed by atoms with Crippen LogP contribution in [0, 0.1) is 0 Å². The lowest BCUT2D eigenvalue weighted by Gasteiger charge is -2.12. The van der Waals surface area contributed by atoms with Crippen LogP contribution in [0.4, 0.5) is 5.69 Å². The van der Waals surface area contributed by atoms with E-state index < -0.39 is 0 Å². The molecule has 4 heteroatoms. The number of nitrogens with zero attached hydrogens (tertiary/aromatic N) is 1. The van der Waals surface area contributed by atoms with Gasteiger partial charge < -0.3 is 15.5 Å². The van der Waals surface area contributed by atoms with E-state index in [9.17, 15) is 0 Å². The van der Waals surface area contributed by atoms with Gasteiger partial charge in [-0.25, -0.2) is 0 Å². The number of thiocarbonyl (C=S) groups is 1. The maximum Gasteiger partial charge on any atom is 0.171 e. The van der Waals surface area contributed by atoms with Crippen LogP contribution in [0.1, 0.15) is 23.6 Å². The van der Waals surface area contributed by atoms with Crippen molar-refractivity contribution < 1.29 is 0 Å². The quantitative estimate of drug-likeness (QED) is 0.789. The fraction of sp³-hybridized carbons (Fsp3) is 0.316. The van der Waals surface area contributed by atoms with Gasteiger partial charge in [-0.05, 0) is 61.6 Å². The highest BCUT2D eigenvalue weighted by molar-refractivity contribution is 7.80. The third kappa shape index (κ3) is 6.00. The van der Waals surface area contributed by atoms with Crippen molar-refractivity contribution in [2.24, 2.45) is 0 Å². The predicted molar refractivity (Wildman–Crippen MR) is 103 cm³/mol. The first-order chi connectivity index (χ1) is 11.1. The highest BCUT2D eigenvalue weighted by atomic mass is 32.1. The van der Waals surface area contributed by atoms with Crippen molar-refractivity contribution in [3.63, 3.8) is 0 Å². The van der Waals surface area contributed by atoms with Crippen molar-refractivity contribution in [3.05, 3.63) is 65.2 Å². The smallest absolute Gasteiger partial charge is 0.171 e. The average molecular weight is 327 g/mol. The number of aryl methyl sites for hydroxylation is 1. The van der Waals surface area contributed by atoms with Gasteiger partial charge in [0, 0.05) is 18.8 Å². The molecule has 0 saturated carbocycles. The summed E-state index contributed by atoms with van der Waals surface area (Å²) in [7, 11) is 4.15. The van der Waals surface area contributed by atoms with Crippen molar-refractivity contribution in [2.45, 2.75) is 26.4 Å². The minimum atomic E-state index is 0.645. The topological polar surface area (TPSA) is 27.3 Å². The van der Waals surface area contributed by atoms with Crippen LogP contribution in [0.5, 0.6) is 0 Å². The van der Waals surface area contributed by atoms with Crippen molar-refractivity contribution >= 4 is 23.0 Å². The molecule has 0 aliphatic rings. The molecule has 23 heavy (non-hydrogen) atoms. The van der Waals surface area contributed by atoms with Gasteiger partial charge in [0.05, 0.1) is 0 Å². The zero-order chi connectivity index (χ0) is 16.7. The Morgan fingerprint density at radius 3 is 2.04 bits per heavy atom. The number of rotatable bonds is 6. The number of anilines is 1. The summed E-state index contributed by atoms with van der Waals surface area (Å²) in [5, 5.41) is 7.11. The molecule has 0 atom stereocenters. The lowest BCUT2D eigenvalue weighted by atomic mass is 10.1. The molecule has 0 radical (unpaired) electrons. The second kappa shape index (κ2) is 8.65. The van der Waals surface area contributed by atoms with E-state index in [1.54, 1.807) is 0 Å². The van der Waals surface area contributed by atoms with E-state index in [2.05, 4.69) is 85.1 Å². The molecule has 2 N–H and O–H groups in total. The Kier molecular flexibility index (Phi) is 6.56. The predicted octanol–water partition coefficient (Wildman–Crippen LogP) is 3.80. The SMILES string of the molecule is CCc1ccc(NC(=S)NCc2ccc(CN(C)C)cc2)cc1. The van der Waals surface area contributed by atoms with Crippen LogP contribution in [0.15, 0.2) is 48.5 Å². The van der Waals surface area contributed by atoms with E-state index >= 15 is 0 Å². The Labute approximate surface area is 144 Å². The van der Waals surface area contributed by atoms with E-state index in [1.807, 2.05) is 0 Å². The van der Waals surface area contributed by atoms with Crippen LogP contribution in [0.25, 0.3) is 0 Å². The Hall–Kier alpha value is -1.91. The van der Waals surface area contributed by atoms with Crippen molar-refractivity contribution in [1.29, 1.82) is 0 Å². The fourth-order valence-corrected chi connectivity index (χ4v) is 2.50. The molecule has 2 aromatic rings. The van der Waals surface area contributed by atoms with E-state index in [1.165, 1.54) is 16.7 Å². The van der Waals surface area contributed by atoms with Crippen molar-refractivity contribution in [3.8, 4) is 0 Å². The summed E-state index contributed by atoms with van der Waals surface area (Å²) in [6.07, 6.45) is 1.05. The van der Waals surface area contributed by atoms with Crippen LogP contribution in [0.2, 0.25) is 0 Å². The lowest BCUT2D eigenvalue weighted by Crippen LogP contribution is -2.27. The monoisotopic (exact) mass is 327 g/mol. The Morgan fingerprint density at radius 1 is 0.913 bits per heavy atom. The van der Waals surface area contributed by atoms with Crippen molar-refractivity contribution in [1.82, 2.24) is 10.2 Å². The van der Waals surface area contributed by atoms with Crippen LogP contribution in [-0.4, -0.2) is 24.1 Å². The van der Waals surface area contributed by atoms with Gasteiger partial charge in [0.1, 0.15) is 0 Å². The maximum absolute atomic E-state index is 5.35. The number of hydrogen-bond donors (Lipinski definition) is 2.